The van der Waals surface area contributed by atoms with Gasteiger partial charge in [0.05, 0.1) is 11.4 Å². The van der Waals surface area contributed by atoms with Gasteiger partial charge < -0.3 is 0 Å². The first-order valence-electron chi connectivity index (χ1n) is 15.2. The first-order valence-corrected chi connectivity index (χ1v) is 15.2. The van der Waals surface area contributed by atoms with E-state index < -0.39 is 0 Å². The molecule has 2 heteroatoms. The van der Waals surface area contributed by atoms with E-state index in [1.54, 1.807) is 0 Å². The Labute approximate surface area is 254 Å². The number of fused-ring (bicyclic) bond motifs is 6. The summed E-state index contributed by atoms with van der Waals surface area (Å²) in [5, 5.41) is 0. The van der Waals surface area contributed by atoms with Crippen molar-refractivity contribution in [3.05, 3.63) is 143 Å². The highest BCUT2D eigenvalue weighted by Gasteiger charge is 2.41. The lowest BCUT2D eigenvalue weighted by atomic mass is 9.79. The zero-order valence-corrected chi connectivity index (χ0v) is 25.4. The first kappa shape index (κ1) is 25.9. The summed E-state index contributed by atoms with van der Waals surface area (Å²) >= 11 is 0. The van der Waals surface area contributed by atoms with Crippen LogP contribution >= 0.6 is 0 Å². The van der Waals surface area contributed by atoms with E-state index in [1.165, 1.54) is 44.5 Å². The number of rotatable bonds is 3. The van der Waals surface area contributed by atoms with Crippen LogP contribution in [0.1, 0.15) is 55.5 Å². The van der Waals surface area contributed by atoms with Gasteiger partial charge >= 0.3 is 0 Å². The smallest absolute Gasteiger partial charge is 0.160 e. The Kier molecular flexibility index (Phi) is 5.46. The van der Waals surface area contributed by atoms with Crippen molar-refractivity contribution in [1.29, 1.82) is 0 Å². The summed E-state index contributed by atoms with van der Waals surface area (Å²) < 4.78 is 0. The number of aromatic nitrogens is 2. The molecular weight excluding hydrogens is 520 g/mol. The first-order chi connectivity index (χ1) is 20.7. The van der Waals surface area contributed by atoms with Crippen molar-refractivity contribution in [2.75, 3.05) is 0 Å². The van der Waals surface area contributed by atoms with E-state index in [2.05, 4.69) is 150 Å². The van der Waals surface area contributed by atoms with Crippen molar-refractivity contribution in [1.82, 2.24) is 9.97 Å². The van der Waals surface area contributed by atoms with E-state index in [9.17, 15) is 0 Å². The minimum absolute atomic E-state index is 0.0226. The minimum atomic E-state index is -0.146. The summed E-state index contributed by atoms with van der Waals surface area (Å²) in [7, 11) is 0. The lowest BCUT2D eigenvalue weighted by Gasteiger charge is -2.24. The molecule has 0 bridgehead atoms. The molecule has 5 aromatic carbocycles. The summed E-state index contributed by atoms with van der Waals surface area (Å²) in [5.41, 5.74) is 17.1. The van der Waals surface area contributed by atoms with Gasteiger partial charge in [-0.25, -0.2) is 9.97 Å². The second kappa shape index (κ2) is 9.09. The molecule has 0 amide bonds. The van der Waals surface area contributed by atoms with Crippen LogP contribution in [0.4, 0.5) is 0 Å². The molecule has 0 radical (unpaired) electrons. The maximum Gasteiger partial charge on any atom is 0.160 e. The number of nitrogens with zero attached hydrogens (tertiary/aromatic N) is 2. The molecule has 0 fully saturated rings. The molecule has 2 aliphatic carbocycles. The van der Waals surface area contributed by atoms with Crippen molar-refractivity contribution in [3.8, 4) is 56.2 Å². The van der Waals surface area contributed by atoms with Gasteiger partial charge in [0.1, 0.15) is 0 Å². The van der Waals surface area contributed by atoms with Crippen LogP contribution in [0.15, 0.2) is 115 Å². The highest BCUT2D eigenvalue weighted by atomic mass is 14.9. The zero-order chi connectivity index (χ0) is 29.5. The normalized spacial score (nSPS) is 15.0. The monoisotopic (exact) mass is 554 g/mol. The maximum absolute atomic E-state index is 5.20. The zero-order valence-electron chi connectivity index (χ0n) is 25.4. The summed E-state index contributed by atoms with van der Waals surface area (Å²) in [6, 6.07) is 41.6. The third-order valence-corrected chi connectivity index (χ3v) is 9.88. The van der Waals surface area contributed by atoms with Crippen molar-refractivity contribution in [3.63, 3.8) is 0 Å². The van der Waals surface area contributed by atoms with Crippen molar-refractivity contribution in [2.45, 2.75) is 45.4 Å². The molecule has 208 valence electrons. The molecule has 0 unspecified atom stereocenters. The quantitative estimate of drug-likeness (QED) is 0.217. The summed E-state index contributed by atoms with van der Waals surface area (Å²) in [5.74, 6) is 0.760. The molecule has 2 aliphatic rings. The predicted molar refractivity (Wildman–Crippen MR) is 178 cm³/mol. The van der Waals surface area contributed by atoms with E-state index in [1.807, 2.05) is 0 Å². The summed E-state index contributed by atoms with van der Waals surface area (Å²) in [4.78, 5) is 10.4. The Hall–Kier alpha value is -4.82. The lowest BCUT2D eigenvalue weighted by Crippen LogP contribution is -2.17. The fourth-order valence-corrected chi connectivity index (χ4v) is 7.47. The Morgan fingerprint density at radius 1 is 0.419 bits per heavy atom. The topological polar surface area (TPSA) is 25.8 Å². The largest absolute Gasteiger partial charge is 0.228 e. The highest BCUT2D eigenvalue weighted by Crippen LogP contribution is 2.56. The van der Waals surface area contributed by atoms with Crippen LogP contribution in [0.5, 0.6) is 0 Å². The minimum Gasteiger partial charge on any atom is -0.228 e. The molecule has 8 rings (SSSR count). The van der Waals surface area contributed by atoms with Gasteiger partial charge in [0.25, 0.3) is 0 Å². The number of benzene rings is 5. The van der Waals surface area contributed by atoms with Crippen LogP contribution in [0.25, 0.3) is 56.2 Å². The number of hydrogen-bond donors (Lipinski definition) is 0. The molecule has 6 aromatic rings. The average molecular weight is 555 g/mol. The van der Waals surface area contributed by atoms with E-state index in [0.717, 1.165) is 39.5 Å². The molecule has 0 spiro atoms. The second-order valence-corrected chi connectivity index (χ2v) is 13.1. The van der Waals surface area contributed by atoms with Gasteiger partial charge in [-0.3, -0.25) is 0 Å². The summed E-state index contributed by atoms with van der Waals surface area (Å²) in [6.45, 7) is 11.6. The van der Waals surface area contributed by atoms with Gasteiger partial charge in [0, 0.05) is 33.1 Å². The van der Waals surface area contributed by atoms with Gasteiger partial charge in [-0.05, 0) is 69.6 Å². The fourth-order valence-electron chi connectivity index (χ4n) is 7.47. The molecule has 0 saturated carbocycles. The van der Waals surface area contributed by atoms with Gasteiger partial charge in [-0.2, -0.15) is 0 Å². The number of hydrogen-bond acceptors (Lipinski definition) is 2. The predicted octanol–water partition coefficient (Wildman–Crippen LogP) is 10.4. The summed E-state index contributed by atoms with van der Waals surface area (Å²) in [6.07, 6.45) is 0. The standard InChI is InChI=1S/C41H34N2/c1-25-37(26-14-8-6-9-15-26)42-39(43-38(25)27-16-10-7-11-17-27)28-20-21-30-32-24-35-31(23-36(32)41(4,5)34(30)22-28)29-18-12-13-19-33(29)40(35,2)3/h6-24H,1-5H3. The Morgan fingerprint density at radius 3 is 1.47 bits per heavy atom. The molecule has 0 N–H and O–H groups in total. The van der Waals surface area contributed by atoms with E-state index >= 15 is 0 Å². The Bertz CT molecular complexity index is 2010. The van der Waals surface area contributed by atoms with Crippen LogP contribution in [0.3, 0.4) is 0 Å². The van der Waals surface area contributed by atoms with Crippen LogP contribution in [0, 0.1) is 6.92 Å². The Morgan fingerprint density at radius 2 is 0.884 bits per heavy atom. The third kappa shape index (κ3) is 3.72. The third-order valence-electron chi connectivity index (χ3n) is 9.88. The van der Waals surface area contributed by atoms with Crippen molar-refractivity contribution >= 4 is 0 Å². The molecule has 1 aromatic heterocycles. The highest BCUT2D eigenvalue weighted by molar-refractivity contribution is 5.90. The van der Waals surface area contributed by atoms with E-state index in [4.69, 9.17) is 9.97 Å². The van der Waals surface area contributed by atoms with Crippen LogP contribution in [-0.4, -0.2) is 9.97 Å². The SMILES string of the molecule is Cc1c(-c2ccccc2)nc(-c2ccc3c(c2)C(C)(C)c2cc4c(cc2-3)C(C)(C)c2ccccc2-4)nc1-c1ccccc1. The average Bonchev–Trinajstić information content (AvgIpc) is 3.40. The van der Waals surface area contributed by atoms with Crippen LogP contribution < -0.4 is 0 Å². The van der Waals surface area contributed by atoms with Crippen LogP contribution in [-0.2, 0) is 10.8 Å². The molecule has 2 nitrogen and oxygen atoms in total. The van der Waals surface area contributed by atoms with E-state index in [-0.39, 0.29) is 10.8 Å². The van der Waals surface area contributed by atoms with E-state index in [0.29, 0.717) is 0 Å². The molecule has 1 heterocycles. The molecule has 0 atom stereocenters. The van der Waals surface area contributed by atoms with Crippen LogP contribution in [0.2, 0.25) is 0 Å². The molecule has 0 aliphatic heterocycles. The fraction of sp³-hybridized carbons (Fsp3) is 0.171. The van der Waals surface area contributed by atoms with Gasteiger partial charge in [0.2, 0.25) is 0 Å². The Balaban J connectivity index is 1.30. The molecular formula is C41H34N2. The van der Waals surface area contributed by atoms with Crippen molar-refractivity contribution < 1.29 is 0 Å². The second-order valence-electron chi connectivity index (χ2n) is 13.1. The maximum atomic E-state index is 5.20. The molecule has 0 saturated heterocycles. The van der Waals surface area contributed by atoms with Crippen molar-refractivity contribution in [2.24, 2.45) is 0 Å². The van der Waals surface area contributed by atoms with Gasteiger partial charge in [-0.15, -0.1) is 0 Å². The van der Waals surface area contributed by atoms with Gasteiger partial charge in [0.15, 0.2) is 5.82 Å². The lowest BCUT2D eigenvalue weighted by molar-refractivity contribution is 0.652. The van der Waals surface area contributed by atoms with Gasteiger partial charge in [-0.1, -0.05) is 125 Å². The molecule has 43 heavy (non-hydrogen) atoms.